The normalized spacial score (nSPS) is 25.2. The number of rotatable bonds is 3. The van der Waals surface area contributed by atoms with Gasteiger partial charge >= 0.3 is 0 Å². The van der Waals surface area contributed by atoms with E-state index in [0.29, 0.717) is 0 Å². The third kappa shape index (κ3) is 2.87. The summed E-state index contributed by atoms with van der Waals surface area (Å²) in [7, 11) is 8.08. The highest BCUT2D eigenvalue weighted by Gasteiger charge is 2.41. The molecule has 1 saturated heterocycles. The molecule has 1 fully saturated rings. The molecule has 4 heteroatoms. The Morgan fingerprint density at radius 2 is 2.14 bits per heavy atom. The molecule has 0 N–H and O–H groups in total. The highest BCUT2D eigenvalue weighted by molar-refractivity contribution is 5.48. The molecule has 1 aromatic rings. The third-order valence-electron chi connectivity index (χ3n) is 4.63. The minimum absolute atomic E-state index is 0.0236. The van der Waals surface area contributed by atoms with Gasteiger partial charge in [0.15, 0.2) is 0 Å². The van der Waals surface area contributed by atoms with E-state index < -0.39 is 0 Å². The summed E-state index contributed by atoms with van der Waals surface area (Å²) in [5.41, 5.74) is 2.59. The monoisotopic (exact) mass is 290 g/mol. The van der Waals surface area contributed by atoms with Crippen LogP contribution in [0.15, 0.2) is 12.1 Å². The minimum Gasteiger partial charge on any atom is -0.496 e. The second-order valence-electron chi connectivity index (χ2n) is 6.78. The molecule has 0 aromatic heterocycles. The molecule has 0 radical (unpaired) electrons. The molecule has 1 unspecified atom stereocenters. The van der Waals surface area contributed by atoms with Gasteiger partial charge in [0.2, 0.25) is 0 Å². The van der Waals surface area contributed by atoms with Gasteiger partial charge in [-0.3, -0.25) is 0 Å². The molecule has 1 spiro atoms. The van der Waals surface area contributed by atoms with Gasteiger partial charge in [-0.15, -0.1) is 0 Å². The van der Waals surface area contributed by atoms with Crippen molar-refractivity contribution in [2.24, 2.45) is 0 Å². The molecular weight excluding hydrogens is 264 g/mol. The number of methoxy groups -OCH3 is 1. The fourth-order valence-corrected chi connectivity index (χ4v) is 3.58. The Morgan fingerprint density at radius 3 is 2.76 bits per heavy atom. The Balaban J connectivity index is 1.89. The smallest absolute Gasteiger partial charge is 0.127 e. The average Bonchev–Trinajstić information content (AvgIpc) is 2.79. The summed E-state index contributed by atoms with van der Waals surface area (Å²) in [6.07, 6.45) is 3.36. The molecule has 21 heavy (non-hydrogen) atoms. The number of ether oxygens (including phenoxy) is 2. The zero-order valence-corrected chi connectivity index (χ0v) is 13.6. The molecule has 0 amide bonds. The van der Waals surface area contributed by atoms with Crippen molar-refractivity contribution >= 4 is 0 Å². The maximum Gasteiger partial charge on any atom is 0.127 e. The number of hydrogen-bond acceptors (Lipinski definition) is 4. The molecular formula is C17H26N2O2. The van der Waals surface area contributed by atoms with Crippen LogP contribution in [0, 0.1) is 0 Å². The number of likely N-dealkylation sites (N-methyl/N-ethyl adjacent to an activating group) is 1. The minimum atomic E-state index is 0.0236. The second-order valence-corrected chi connectivity index (χ2v) is 6.78. The third-order valence-corrected chi connectivity index (χ3v) is 4.63. The molecule has 2 heterocycles. The van der Waals surface area contributed by atoms with Crippen molar-refractivity contribution in [3.63, 3.8) is 0 Å². The highest BCUT2D eigenvalue weighted by atomic mass is 16.5. The van der Waals surface area contributed by atoms with Gasteiger partial charge in [0.1, 0.15) is 17.1 Å². The van der Waals surface area contributed by atoms with E-state index in [1.807, 2.05) is 0 Å². The van der Waals surface area contributed by atoms with Crippen LogP contribution in [0.4, 0.5) is 0 Å². The molecule has 0 saturated carbocycles. The molecule has 0 aliphatic carbocycles. The lowest BCUT2D eigenvalue weighted by atomic mass is 9.89. The van der Waals surface area contributed by atoms with E-state index in [9.17, 15) is 0 Å². The first kappa shape index (κ1) is 14.7. The number of likely N-dealkylation sites (tertiary alicyclic amines) is 1. The number of benzene rings is 1. The quantitative estimate of drug-likeness (QED) is 0.851. The van der Waals surface area contributed by atoms with Crippen LogP contribution in [0.25, 0.3) is 0 Å². The first-order chi connectivity index (χ1) is 10.0. The predicted molar refractivity (Wildman–Crippen MR) is 84.2 cm³/mol. The number of fused-ring (bicyclic) bond motifs is 1. The lowest BCUT2D eigenvalue weighted by Crippen LogP contribution is -2.41. The van der Waals surface area contributed by atoms with Crippen LogP contribution in [0.1, 0.15) is 24.0 Å². The van der Waals surface area contributed by atoms with Crippen molar-refractivity contribution in [1.82, 2.24) is 9.80 Å². The zero-order valence-electron chi connectivity index (χ0n) is 13.6. The van der Waals surface area contributed by atoms with Crippen molar-refractivity contribution in [3.8, 4) is 11.5 Å². The van der Waals surface area contributed by atoms with Gasteiger partial charge in [-0.1, -0.05) is 0 Å². The Morgan fingerprint density at radius 1 is 1.33 bits per heavy atom. The van der Waals surface area contributed by atoms with Gasteiger partial charge in [-0.05, 0) is 45.6 Å². The van der Waals surface area contributed by atoms with E-state index in [1.54, 1.807) is 7.11 Å². The molecule has 0 bridgehead atoms. The lowest BCUT2D eigenvalue weighted by Gasteiger charge is -2.36. The van der Waals surface area contributed by atoms with Crippen molar-refractivity contribution < 1.29 is 9.47 Å². The first-order valence-corrected chi connectivity index (χ1v) is 7.73. The van der Waals surface area contributed by atoms with E-state index in [4.69, 9.17) is 9.47 Å². The topological polar surface area (TPSA) is 24.9 Å². The highest BCUT2D eigenvalue weighted by Crippen LogP contribution is 2.41. The Hall–Kier alpha value is -1.26. The number of nitrogens with zero attached hydrogens (tertiary/aromatic N) is 2. The molecule has 1 atom stereocenters. The Bertz CT molecular complexity index is 530. The summed E-state index contributed by atoms with van der Waals surface area (Å²) in [5.74, 6) is 1.96. The lowest BCUT2D eigenvalue weighted by molar-refractivity contribution is 0.0568. The fraction of sp³-hybridized carbons (Fsp3) is 0.647. The van der Waals surface area contributed by atoms with Gasteiger partial charge in [-0.2, -0.15) is 0 Å². The number of hydrogen-bond donors (Lipinski definition) is 0. The summed E-state index contributed by atoms with van der Waals surface area (Å²) in [5, 5.41) is 0. The van der Waals surface area contributed by atoms with Crippen molar-refractivity contribution in [2.75, 3.05) is 41.3 Å². The van der Waals surface area contributed by atoms with Gasteiger partial charge < -0.3 is 19.3 Å². The SMILES string of the molecule is COc1cc2c(cc1CN(C)C)CCC1(CCN(C)C1)O2. The van der Waals surface area contributed by atoms with E-state index in [1.165, 1.54) is 11.1 Å². The van der Waals surface area contributed by atoms with Crippen LogP contribution in [-0.4, -0.2) is 56.7 Å². The molecule has 2 aliphatic rings. The van der Waals surface area contributed by atoms with Crippen LogP contribution in [0.2, 0.25) is 0 Å². The second kappa shape index (κ2) is 5.50. The van der Waals surface area contributed by atoms with Crippen molar-refractivity contribution in [3.05, 3.63) is 23.3 Å². The van der Waals surface area contributed by atoms with Gasteiger partial charge in [0, 0.05) is 37.7 Å². The number of aryl methyl sites for hydroxylation is 1. The average molecular weight is 290 g/mol. The summed E-state index contributed by atoms with van der Waals surface area (Å²) >= 11 is 0. The van der Waals surface area contributed by atoms with Crippen LogP contribution < -0.4 is 9.47 Å². The first-order valence-electron chi connectivity index (χ1n) is 7.73. The molecule has 116 valence electrons. The van der Waals surface area contributed by atoms with Gasteiger partial charge in [-0.25, -0.2) is 0 Å². The largest absolute Gasteiger partial charge is 0.496 e. The van der Waals surface area contributed by atoms with Crippen LogP contribution >= 0.6 is 0 Å². The van der Waals surface area contributed by atoms with E-state index in [2.05, 4.69) is 43.1 Å². The maximum absolute atomic E-state index is 6.42. The van der Waals surface area contributed by atoms with Crippen molar-refractivity contribution in [1.29, 1.82) is 0 Å². The molecule has 4 nitrogen and oxygen atoms in total. The predicted octanol–water partition coefficient (Wildman–Crippen LogP) is 2.16. The summed E-state index contributed by atoms with van der Waals surface area (Å²) < 4.78 is 12.0. The Kier molecular flexibility index (Phi) is 3.84. The van der Waals surface area contributed by atoms with Gasteiger partial charge in [0.05, 0.1) is 7.11 Å². The van der Waals surface area contributed by atoms with Crippen LogP contribution in [0.3, 0.4) is 0 Å². The van der Waals surface area contributed by atoms with Gasteiger partial charge in [0.25, 0.3) is 0 Å². The summed E-state index contributed by atoms with van der Waals surface area (Å²) in [6, 6.07) is 4.35. The fourth-order valence-electron chi connectivity index (χ4n) is 3.58. The standard InChI is InChI=1S/C17H26N2O2/c1-18(2)11-14-9-13-5-6-17(7-8-19(3)12-17)21-16(13)10-15(14)20-4/h9-10H,5-8,11-12H2,1-4H3. The van der Waals surface area contributed by atoms with E-state index in [-0.39, 0.29) is 5.60 Å². The van der Waals surface area contributed by atoms with E-state index in [0.717, 1.165) is 50.4 Å². The van der Waals surface area contributed by atoms with Crippen LogP contribution in [0.5, 0.6) is 11.5 Å². The zero-order chi connectivity index (χ0) is 15.0. The Labute approximate surface area is 127 Å². The summed E-state index contributed by atoms with van der Waals surface area (Å²) in [6.45, 7) is 3.06. The maximum atomic E-state index is 6.42. The van der Waals surface area contributed by atoms with Crippen molar-refractivity contribution in [2.45, 2.75) is 31.4 Å². The molecule has 2 aliphatic heterocycles. The van der Waals surface area contributed by atoms with E-state index >= 15 is 0 Å². The summed E-state index contributed by atoms with van der Waals surface area (Å²) in [4.78, 5) is 4.53. The molecule has 3 rings (SSSR count). The molecule has 1 aromatic carbocycles. The van der Waals surface area contributed by atoms with Crippen LogP contribution in [-0.2, 0) is 13.0 Å².